The Morgan fingerprint density at radius 1 is 0.907 bits per heavy atom. The van der Waals surface area contributed by atoms with Crippen molar-refractivity contribution in [2.45, 2.75) is 45.4 Å². The maximum Gasteiger partial charge on any atom is 0.357 e. The molecule has 3 aliphatic rings. The Bertz CT molecular complexity index is 1810. The number of carbonyl (C=O) groups excluding carboxylic acids is 1. The summed E-state index contributed by atoms with van der Waals surface area (Å²) in [5.74, 6) is -1.67. The molecule has 0 fully saturated rings. The standard InChI is InChI=1S/C37H33N3O3/c1-2-3-8-24-12-15-29(16-13-24)39-18-7-9-26-22-32-28(23-34(26)39)21-27-19-25(14-17-31(27)32)20-33-35(37(42)43)38-40(36(33)41)30-10-5-4-6-11-30/h4-6,10-17,19-20,22-23H,2-3,7-9,18,21H2,1H3,(H,42,43)/b33-20-. The summed E-state index contributed by atoms with van der Waals surface area (Å²) in [4.78, 5) is 27.7. The lowest BCUT2D eigenvalue weighted by Gasteiger charge is -2.32. The molecule has 0 unspecified atom stereocenters. The molecule has 43 heavy (non-hydrogen) atoms. The van der Waals surface area contributed by atoms with Gasteiger partial charge in [-0.2, -0.15) is 10.1 Å². The van der Waals surface area contributed by atoms with Crippen LogP contribution in [0.4, 0.5) is 17.1 Å². The molecule has 0 aromatic heterocycles. The zero-order valence-corrected chi connectivity index (χ0v) is 24.2. The number of aliphatic carboxylic acids is 1. The Kier molecular flexibility index (Phi) is 6.90. The molecule has 0 spiro atoms. The molecule has 0 saturated carbocycles. The van der Waals surface area contributed by atoms with Crippen molar-refractivity contribution in [2.24, 2.45) is 5.10 Å². The molecule has 4 aromatic carbocycles. The van der Waals surface area contributed by atoms with Crippen LogP contribution in [-0.4, -0.2) is 29.2 Å². The summed E-state index contributed by atoms with van der Waals surface area (Å²) in [5, 5.41) is 15.1. The molecule has 214 valence electrons. The smallest absolute Gasteiger partial charge is 0.357 e. The van der Waals surface area contributed by atoms with Gasteiger partial charge in [0.2, 0.25) is 0 Å². The van der Waals surface area contributed by atoms with E-state index in [0.29, 0.717) is 5.69 Å². The molecule has 1 amide bonds. The molecule has 4 aromatic rings. The van der Waals surface area contributed by atoms with Gasteiger partial charge < -0.3 is 10.0 Å². The summed E-state index contributed by atoms with van der Waals surface area (Å²) >= 11 is 0. The van der Waals surface area contributed by atoms with Crippen LogP contribution in [0.5, 0.6) is 0 Å². The summed E-state index contributed by atoms with van der Waals surface area (Å²) < 4.78 is 0. The van der Waals surface area contributed by atoms with Crippen LogP contribution in [-0.2, 0) is 28.9 Å². The Labute approximate surface area is 251 Å². The largest absolute Gasteiger partial charge is 0.476 e. The minimum Gasteiger partial charge on any atom is -0.476 e. The topological polar surface area (TPSA) is 73.2 Å². The van der Waals surface area contributed by atoms with E-state index in [2.05, 4.69) is 65.5 Å². The normalized spacial score (nSPS) is 16.3. The molecule has 7 rings (SSSR count). The summed E-state index contributed by atoms with van der Waals surface area (Å²) in [6, 6.07) is 28.8. The number of unbranched alkanes of at least 4 members (excludes halogenated alkanes) is 1. The van der Waals surface area contributed by atoms with Gasteiger partial charge in [0.05, 0.1) is 11.3 Å². The molecule has 1 aliphatic carbocycles. The monoisotopic (exact) mass is 567 g/mol. The molecule has 0 atom stereocenters. The number of hydrogen-bond donors (Lipinski definition) is 1. The van der Waals surface area contributed by atoms with Gasteiger partial charge in [-0.15, -0.1) is 0 Å². The number of nitrogens with zero attached hydrogens (tertiary/aromatic N) is 3. The lowest BCUT2D eigenvalue weighted by molar-refractivity contribution is -0.129. The van der Waals surface area contributed by atoms with Crippen molar-refractivity contribution in [3.05, 3.63) is 118 Å². The summed E-state index contributed by atoms with van der Waals surface area (Å²) in [7, 11) is 0. The average molecular weight is 568 g/mol. The van der Waals surface area contributed by atoms with Crippen LogP contribution < -0.4 is 9.91 Å². The van der Waals surface area contributed by atoms with Crippen LogP contribution in [0.15, 0.2) is 95.6 Å². The molecule has 6 nitrogen and oxygen atoms in total. The number of benzene rings is 4. The predicted octanol–water partition coefficient (Wildman–Crippen LogP) is 7.56. The number of para-hydroxylation sites is 1. The number of aryl methyl sites for hydroxylation is 2. The molecule has 2 aliphatic heterocycles. The van der Waals surface area contributed by atoms with Gasteiger partial charge in [-0.3, -0.25) is 4.79 Å². The summed E-state index contributed by atoms with van der Waals surface area (Å²) in [6.45, 7) is 3.24. The van der Waals surface area contributed by atoms with Crippen molar-refractivity contribution < 1.29 is 14.7 Å². The van der Waals surface area contributed by atoms with Gasteiger partial charge in [-0.05, 0) is 114 Å². The number of amides is 1. The number of anilines is 3. The molecule has 1 N–H and O–H groups in total. The fourth-order valence-electron chi connectivity index (χ4n) is 6.50. The number of carboxylic acid groups (broad SMARTS) is 1. The lowest BCUT2D eigenvalue weighted by Crippen LogP contribution is -2.24. The fraction of sp³-hybridized carbons (Fsp3) is 0.216. The number of hydrogen-bond acceptors (Lipinski definition) is 4. The Morgan fingerprint density at radius 2 is 1.70 bits per heavy atom. The summed E-state index contributed by atoms with van der Waals surface area (Å²) in [6.07, 6.45) is 8.17. The first-order valence-electron chi connectivity index (χ1n) is 15.1. The van der Waals surface area contributed by atoms with Crippen LogP contribution in [0, 0.1) is 0 Å². The van der Waals surface area contributed by atoms with Gasteiger partial charge >= 0.3 is 5.97 Å². The van der Waals surface area contributed by atoms with Crippen LogP contribution in [0.1, 0.15) is 54.0 Å². The van der Waals surface area contributed by atoms with Gasteiger partial charge in [0.15, 0.2) is 5.71 Å². The van der Waals surface area contributed by atoms with E-state index in [4.69, 9.17) is 0 Å². The zero-order valence-electron chi connectivity index (χ0n) is 24.2. The third-order valence-electron chi connectivity index (χ3n) is 8.68. The van der Waals surface area contributed by atoms with Crippen molar-refractivity contribution in [3.63, 3.8) is 0 Å². The number of carbonyl (C=O) groups is 2. The van der Waals surface area contributed by atoms with Gasteiger partial charge in [-0.1, -0.05) is 61.9 Å². The van der Waals surface area contributed by atoms with Crippen molar-refractivity contribution in [3.8, 4) is 11.1 Å². The second-order valence-electron chi connectivity index (χ2n) is 11.5. The van der Waals surface area contributed by atoms with Gasteiger partial charge in [0.25, 0.3) is 5.91 Å². The second kappa shape index (κ2) is 11.0. The zero-order chi connectivity index (χ0) is 29.5. The molecule has 0 radical (unpaired) electrons. The Hall–Kier alpha value is -4.97. The highest BCUT2D eigenvalue weighted by Crippen LogP contribution is 2.44. The van der Waals surface area contributed by atoms with Gasteiger partial charge in [0, 0.05) is 17.9 Å². The number of fused-ring (bicyclic) bond motifs is 4. The molecule has 0 bridgehead atoms. The minimum absolute atomic E-state index is 0.0821. The lowest BCUT2D eigenvalue weighted by atomic mass is 9.94. The highest BCUT2D eigenvalue weighted by molar-refractivity contribution is 6.53. The Morgan fingerprint density at radius 3 is 2.47 bits per heavy atom. The van der Waals surface area contributed by atoms with Crippen LogP contribution >= 0.6 is 0 Å². The molecule has 2 heterocycles. The first-order chi connectivity index (χ1) is 21.0. The van der Waals surface area contributed by atoms with Gasteiger partial charge in [-0.25, -0.2) is 4.79 Å². The molecular formula is C37H33N3O3. The van der Waals surface area contributed by atoms with E-state index < -0.39 is 11.9 Å². The third-order valence-corrected chi connectivity index (χ3v) is 8.68. The summed E-state index contributed by atoms with van der Waals surface area (Å²) in [5.41, 5.74) is 11.4. The van der Waals surface area contributed by atoms with Crippen molar-refractivity contribution in [2.75, 3.05) is 16.5 Å². The van der Waals surface area contributed by atoms with Crippen LogP contribution in [0.3, 0.4) is 0 Å². The van der Waals surface area contributed by atoms with E-state index in [9.17, 15) is 14.7 Å². The third kappa shape index (κ3) is 4.93. The van der Waals surface area contributed by atoms with E-state index in [-0.39, 0.29) is 11.3 Å². The van der Waals surface area contributed by atoms with Gasteiger partial charge in [0.1, 0.15) is 0 Å². The quantitative estimate of drug-likeness (QED) is 0.206. The van der Waals surface area contributed by atoms with E-state index in [1.54, 1.807) is 30.3 Å². The van der Waals surface area contributed by atoms with E-state index in [1.165, 1.54) is 57.6 Å². The van der Waals surface area contributed by atoms with E-state index in [0.717, 1.165) is 42.8 Å². The molecule has 6 heteroatoms. The first-order valence-corrected chi connectivity index (χ1v) is 15.1. The first kappa shape index (κ1) is 26.9. The van der Waals surface area contributed by atoms with E-state index >= 15 is 0 Å². The number of hydrazone groups is 1. The fourth-order valence-corrected chi connectivity index (χ4v) is 6.50. The van der Waals surface area contributed by atoms with Crippen molar-refractivity contribution in [1.82, 2.24) is 0 Å². The number of rotatable bonds is 7. The highest BCUT2D eigenvalue weighted by Gasteiger charge is 2.35. The average Bonchev–Trinajstić information content (AvgIpc) is 3.55. The van der Waals surface area contributed by atoms with Crippen molar-refractivity contribution >= 4 is 40.7 Å². The number of carboxylic acids is 1. The van der Waals surface area contributed by atoms with Crippen LogP contribution in [0.2, 0.25) is 0 Å². The van der Waals surface area contributed by atoms with Crippen molar-refractivity contribution in [1.29, 1.82) is 0 Å². The van der Waals surface area contributed by atoms with Crippen LogP contribution in [0.25, 0.3) is 17.2 Å². The van der Waals surface area contributed by atoms with E-state index in [1.807, 2.05) is 12.1 Å². The second-order valence-corrected chi connectivity index (χ2v) is 11.5. The molecule has 0 saturated heterocycles. The highest BCUT2D eigenvalue weighted by atomic mass is 16.4. The maximum atomic E-state index is 13.3. The molecular weight excluding hydrogens is 534 g/mol. The Balaban J connectivity index is 1.17. The predicted molar refractivity (Wildman–Crippen MR) is 172 cm³/mol. The minimum atomic E-state index is -1.22. The maximum absolute atomic E-state index is 13.3. The SMILES string of the molecule is CCCCc1ccc(N2CCCc3cc4c(cc32)Cc2cc(/C=C3\C(=O)N(c5ccccc5)N=C3C(=O)O)ccc2-4)cc1.